The number of alkyl halides is 2. The first-order valence-electron chi connectivity index (χ1n) is 13.5. The fraction of sp³-hybridized carbons (Fsp3) is 0.586. The predicted octanol–water partition coefficient (Wildman–Crippen LogP) is 4.53. The monoisotopic (exact) mass is 613 g/mol. The quantitative estimate of drug-likeness (QED) is 0.340. The molecule has 2 N–H and O–H groups in total. The maximum absolute atomic E-state index is 17.5. The van der Waals surface area contributed by atoms with Crippen molar-refractivity contribution in [1.82, 2.24) is 0 Å². The third kappa shape index (κ3) is 4.42. The molecule has 8 nitrogen and oxygen atoms in total. The SMILES string of the molecule is C[C@@H]1C[C@H]2[C@@H]3C[C@H](F)C4=CC(=O)C=C[C@]4(C)[C@@]3(F)[C@@H](O)C[C@]2(C)[C@@]1(ONc1ccc(Cl)cc1)C(=O)COS(C)(=O)=O. The summed E-state index contributed by atoms with van der Waals surface area (Å²) in [6.07, 6.45) is 0.882. The van der Waals surface area contributed by atoms with Crippen molar-refractivity contribution in [2.24, 2.45) is 28.6 Å². The molecule has 0 aromatic heterocycles. The molecule has 5 rings (SSSR count). The molecule has 224 valence electrons. The van der Waals surface area contributed by atoms with Crippen LogP contribution in [0.15, 0.2) is 48.1 Å². The molecule has 0 saturated heterocycles. The molecule has 3 saturated carbocycles. The van der Waals surface area contributed by atoms with Gasteiger partial charge in [0.25, 0.3) is 10.1 Å². The minimum atomic E-state index is -4.00. The van der Waals surface area contributed by atoms with Crippen molar-refractivity contribution in [3.63, 3.8) is 0 Å². The van der Waals surface area contributed by atoms with Crippen LogP contribution in [0.4, 0.5) is 14.5 Å². The summed E-state index contributed by atoms with van der Waals surface area (Å²) < 4.78 is 61.8. The van der Waals surface area contributed by atoms with Crippen LogP contribution in [0.5, 0.6) is 0 Å². The fourth-order valence-electron chi connectivity index (χ4n) is 8.32. The molecule has 9 atom stereocenters. The molecule has 41 heavy (non-hydrogen) atoms. The number of hydrogen-bond acceptors (Lipinski definition) is 8. The Bertz CT molecular complexity index is 1430. The Morgan fingerprint density at radius 1 is 1.20 bits per heavy atom. The van der Waals surface area contributed by atoms with E-state index in [1.54, 1.807) is 38.1 Å². The van der Waals surface area contributed by atoms with Gasteiger partial charge in [0.2, 0.25) is 0 Å². The zero-order valence-corrected chi connectivity index (χ0v) is 24.8. The summed E-state index contributed by atoms with van der Waals surface area (Å²) in [6, 6.07) is 6.46. The van der Waals surface area contributed by atoms with Crippen LogP contribution in [0.1, 0.15) is 40.0 Å². The van der Waals surface area contributed by atoms with Crippen molar-refractivity contribution in [2.45, 2.75) is 63.6 Å². The van der Waals surface area contributed by atoms with Gasteiger partial charge in [-0.2, -0.15) is 8.42 Å². The molecular weight excluding hydrogens is 580 g/mol. The zero-order chi connectivity index (χ0) is 30.2. The number of halogens is 3. The smallest absolute Gasteiger partial charge is 0.264 e. The molecule has 0 aliphatic heterocycles. The number of rotatable bonds is 7. The summed E-state index contributed by atoms with van der Waals surface area (Å²) in [4.78, 5) is 32.4. The number of allylic oxidation sites excluding steroid dienone is 4. The molecule has 0 radical (unpaired) electrons. The molecule has 1 aromatic carbocycles. The lowest BCUT2D eigenvalue weighted by Crippen LogP contribution is -2.71. The van der Waals surface area contributed by atoms with Crippen LogP contribution in [-0.2, 0) is 28.7 Å². The van der Waals surface area contributed by atoms with E-state index in [0.717, 1.165) is 12.3 Å². The number of aliphatic hydroxyl groups excluding tert-OH is 1. The highest BCUT2D eigenvalue weighted by Crippen LogP contribution is 2.71. The van der Waals surface area contributed by atoms with E-state index >= 15 is 8.78 Å². The topological polar surface area (TPSA) is 119 Å². The molecule has 4 aliphatic carbocycles. The van der Waals surface area contributed by atoms with Crippen LogP contribution in [0.3, 0.4) is 0 Å². The first-order chi connectivity index (χ1) is 19.0. The molecule has 0 amide bonds. The summed E-state index contributed by atoms with van der Waals surface area (Å²) in [5.41, 5.74) is -3.73. The average molecular weight is 614 g/mol. The van der Waals surface area contributed by atoms with Gasteiger partial charge in [-0.1, -0.05) is 31.5 Å². The van der Waals surface area contributed by atoms with Crippen LogP contribution >= 0.6 is 11.6 Å². The summed E-state index contributed by atoms with van der Waals surface area (Å²) >= 11 is 5.99. The molecule has 0 unspecified atom stereocenters. The number of fused-ring (bicyclic) bond motifs is 5. The fourth-order valence-corrected chi connectivity index (χ4v) is 8.76. The number of hydrogen-bond donors (Lipinski definition) is 2. The highest BCUT2D eigenvalue weighted by molar-refractivity contribution is 7.86. The van der Waals surface area contributed by atoms with E-state index in [4.69, 9.17) is 20.6 Å². The number of anilines is 1. The van der Waals surface area contributed by atoms with Gasteiger partial charge in [0.15, 0.2) is 22.8 Å². The van der Waals surface area contributed by atoms with Crippen molar-refractivity contribution in [3.8, 4) is 0 Å². The van der Waals surface area contributed by atoms with Gasteiger partial charge < -0.3 is 5.11 Å². The summed E-state index contributed by atoms with van der Waals surface area (Å²) in [7, 11) is -4.00. The van der Waals surface area contributed by atoms with Crippen molar-refractivity contribution in [2.75, 3.05) is 18.3 Å². The Kier molecular flexibility index (Phi) is 7.34. The molecule has 0 spiro atoms. The van der Waals surface area contributed by atoms with Crippen molar-refractivity contribution in [3.05, 3.63) is 53.1 Å². The molecule has 0 bridgehead atoms. The third-order valence-electron chi connectivity index (χ3n) is 10.2. The Morgan fingerprint density at radius 3 is 2.49 bits per heavy atom. The Morgan fingerprint density at radius 2 is 1.85 bits per heavy atom. The number of Topliss-reactive ketones (excluding diaryl/α,β-unsaturated/α-hetero) is 1. The standard InChI is InChI=1S/C29H34ClF2NO7S/c1-16-11-20-21-13-23(31)22-12-19(34)9-10-26(22,2)28(21,32)24(35)14-27(20,3)29(16,25(36)15-39-41(4,37)38)40-33-18-7-5-17(30)6-8-18/h5-10,12,16,20-21,23-24,33,35H,11,13-15H2,1-4H3/t16-,20+,21+,23+,24+,26+,27+,28+,29+/m1/s1. The molecule has 4 aliphatic rings. The van der Waals surface area contributed by atoms with E-state index in [1.165, 1.54) is 19.1 Å². The maximum Gasteiger partial charge on any atom is 0.264 e. The average Bonchev–Trinajstić information content (AvgIpc) is 3.11. The first-order valence-corrected chi connectivity index (χ1v) is 15.7. The highest BCUT2D eigenvalue weighted by atomic mass is 35.5. The first kappa shape index (κ1) is 30.3. The minimum Gasteiger partial charge on any atom is -0.390 e. The molecule has 3 fully saturated rings. The zero-order valence-electron chi connectivity index (χ0n) is 23.2. The summed E-state index contributed by atoms with van der Waals surface area (Å²) in [6.45, 7) is 4.10. The van der Waals surface area contributed by atoms with E-state index in [9.17, 15) is 23.1 Å². The van der Waals surface area contributed by atoms with E-state index < -0.39 is 80.4 Å². The predicted molar refractivity (Wildman–Crippen MR) is 148 cm³/mol. The van der Waals surface area contributed by atoms with Crippen LogP contribution < -0.4 is 5.48 Å². The van der Waals surface area contributed by atoms with E-state index in [2.05, 4.69) is 5.48 Å². The van der Waals surface area contributed by atoms with Crippen LogP contribution in [0.25, 0.3) is 0 Å². The highest BCUT2D eigenvalue weighted by Gasteiger charge is 2.77. The molecule has 1 aromatic rings. The van der Waals surface area contributed by atoms with Gasteiger partial charge in [-0.3, -0.25) is 24.1 Å². The molecular formula is C29H34ClF2NO7S. The lowest BCUT2D eigenvalue weighted by atomic mass is 9.44. The number of aliphatic hydroxyl groups is 1. The lowest BCUT2D eigenvalue weighted by Gasteiger charge is -2.63. The van der Waals surface area contributed by atoms with Gasteiger partial charge in [-0.25, -0.2) is 8.78 Å². The van der Waals surface area contributed by atoms with Gasteiger partial charge in [-0.15, -0.1) is 0 Å². The second kappa shape index (κ2) is 9.94. The Hall–Kier alpha value is -2.18. The van der Waals surface area contributed by atoms with E-state index in [1.807, 2.05) is 0 Å². The maximum atomic E-state index is 17.5. The Balaban J connectivity index is 1.60. The van der Waals surface area contributed by atoms with Crippen molar-refractivity contribution >= 4 is 39.0 Å². The van der Waals surface area contributed by atoms with Crippen molar-refractivity contribution < 1.29 is 40.9 Å². The number of benzene rings is 1. The normalized spacial score (nSPS) is 41.7. The van der Waals surface area contributed by atoms with Crippen molar-refractivity contribution in [1.29, 1.82) is 0 Å². The number of ketones is 2. The van der Waals surface area contributed by atoms with E-state index in [-0.39, 0.29) is 24.8 Å². The number of carbonyl (C=O) groups is 2. The van der Waals surface area contributed by atoms with Gasteiger partial charge >= 0.3 is 0 Å². The second-order valence-electron chi connectivity index (χ2n) is 12.3. The molecule has 0 heterocycles. The van der Waals surface area contributed by atoms with Crippen LogP contribution in [0.2, 0.25) is 5.02 Å². The second-order valence-corrected chi connectivity index (χ2v) is 14.4. The third-order valence-corrected chi connectivity index (χ3v) is 11.0. The van der Waals surface area contributed by atoms with Gasteiger partial charge in [0.05, 0.1) is 18.0 Å². The lowest BCUT2D eigenvalue weighted by molar-refractivity contribution is -0.228. The number of nitrogens with one attached hydrogen (secondary N) is 1. The summed E-state index contributed by atoms with van der Waals surface area (Å²) in [5, 5.41) is 12.1. The van der Waals surface area contributed by atoms with E-state index in [0.29, 0.717) is 10.7 Å². The minimum absolute atomic E-state index is 0.00185. The Labute approximate surface area is 243 Å². The van der Waals surface area contributed by atoms with Gasteiger partial charge in [-0.05, 0) is 80.0 Å². The van der Waals surface area contributed by atoms with Gasteiger partial charge in [0.1, 0.15) is 12.8 Å². The molecule has 12 heteroatoms. The largest absolute Gasteiger partial charge is 0.390 e. The van der Waals surface area contributed by atoms with Crippen LogP contribution in [0, 0.1) is 28.6 Å². The van der Waals surface area contributed by atoms with Crippen LogP contribution in [-0.4, -0.2) is 61.5 Å². The van der Waals surface area contributed by atoms with Gasteiger partial charge in [0, 0.05) is 21.8 Å². The number of carbonyl (C=O) groups excluding carboxylic acids is 2. The summed E-state index contributed by atoms with van der Waals surface area (Å²) in [5.74, 6) is -3.46.